The number of benzene rings is 2. The van der Waals surface area contributed by atoms with Crippen LogP contribution >= 0.6 is 0 Å². The van der Waals surface area contributed by atoms with Gasteiger partial charge in [0.25, 0.3) is 0 Å². The van der Waals surface area contributed by atoms with Gasteiger partial charge in [-0.05, 0) is 54.7 Å². The summed E-state index contributed by atoms with van der Waals surface area (Å²) in [5.74, 6) is 0.0264. The number of aryl methyl sites for hydroxylation is 2. The zero-order valence-electron chi connectivity index (χ0n) is 11.3. The molecular formula is C17H16O3. The van der Waals surface area contributed by atoms with Gasteiger partial charge >= 0.3 is 5.97 Å². The van der Waals surface area contributed by atoms with E-state index in [1.54, 1.807) is 6.07 Å². The van der Waals surface area contributed by atoms with Crippen LogP contribution in [0.5, 0.6) is 5.75 Å². The lowest BCUT2D eigenvalue weighted by Crippen LogP contribution is -2.08. The third-order valence-corrected chi connectivity index (χ3v) is 3.62. The predicted molar refractivity (Wildman–Crippen MR) is 77.4 cm³/mol. The van der Waals surface area contributed by atoms with Crippen molar-refractivity contribution in [1.82, 2.24) is 0 Å². The maximum atomic E-state index is 11.4. The molecule has 1 heterocycles. The molecule has 3 heteroatoms. The Kier molecular flexibility index (Phi) is 3.18. The predicted octanol–water partition coefficient (Wildman–Crippen LogP) is 3.69. The minimum Gasteiger partial charge on any atom is -0.493 e. The summed E-state index contributed by atoms with van der Waals surface area (Å²) in [5.41, 5.74) is 4.26. The summed E-state index contributed by atoms with van der Waals surface area (Å²) in [6, 6.07) is 11.4. The molecule has 0 fully saturated rings. The maximum Gasteiger partial charge on any atom is 0.336 e. The number of rotatable bonds is 2. The molecule has 20 heavy (non-hydrogen) atoms. The highest BCUT2D eigenvalue weighted by Gasteiger charge is 2.15. The summed E-state index contributed by atoms with van der Waals surface area (Å²) >= 11 is 0. The molecule has 3 nitrogen and oxygen atoms in total. The van der Waals surface area contributed by atoms with Crippen LogP contribution in [0.15, 0.2) is 36.4 Å². The third-order valence-electron chi connectivity index (χ3n) is 3.62. The molecule has 0 spiro atoms. The minimum atomic E-state index is -0.894. The number of carbonyl (C=O) groups is 1. The molecule has 1 aliphatic rings. The molecule has 0 aliphatic carbocycles. The number of aromatic carboxylic acids is 1. The molecule has 0 bridgehead atoms. The van der Waals surface area contributed by atoms with Gasteiger partial charge in [0.2, 0.25) is 0 Å². The Morgan fingerprint density at radius 3 is 2.85 bits per heavy atom. The van der Waals surface area contributed by atoms with Crippen molar-refractivity contribution < 1.29 is 14.6 Å². The van der Waals surface area contributed by atoms with Gasteiger partial charge in [-0.1, -0.05) is 23.8 Å². The van der Waals surface area contributed by atoms with Crippen molar-refractivity contribution in [2.45, 2.75) is 19.8 Å². The lowest BCUT2D eigenvalue weighted by Gasteiger charge is -2.18. The van der Waals surface area contributed by atoms with Gasteiger partial charge < -0.3 is 9.84 Å². The zero-order chi connectivity index (χ0) is 14.1. The summed E-state index contributed by atoms with van der Waals surface area (Å²) in [6.07, 6.45) is 1.99. The molecule has 2 aromatic rings. The Labute approximate surface area is 117 Å². The highest BCUT2D eigenvalue weighted by atomic mass is 16.5. The van der Waals surface area contributed by atoms with Crippen molar-refractivity contribution in [3.63, 3.8) is 0 Å². The van der Waals surface area contributed by atoms with Gasteiger partial charge in [0.15, 0.2) is 0 Å². The largest absolute Gasteiger partial charge is 0.493 e. The minimum absolute atomic E-state index is 0.340. The standard InChI is InChI=1S/C17H16O3/c1-11-4-6-14(17(18)19)15(9-11)12-5-7-16-13(10-12)3-2-8-20-16/h4-7,9-10H,2-3,8H2,1H3,(H,18,19). The van der Waals surface area contributed by atoms with E-state index in [9.17, 15) is 9.90 Å². The van der Waals surface area contributed by atoms with Crippen LogP contribution in [0.3, 0.4) is 0 Å². The molecule has 0 aromatic heterocycles. The molecule has 0 saturated carbocycles. The van der Waals surface area contributed by atoms with E-state index in [-0.39, 0.29) is 0 Å². The summed E-state index contributed by atoms with van der Waals surface area (Å²) < 4.78 is 5.60. The molecule has 0 radical (unpaired) electrons. The first-order valence-corrected chi connectivity index (χ1v) is 6.75. The van der Waals surface area contributed by atoms with Gasteiger partial charge in [0.1, 0.15) is 5.75 Å². The third kappa shape index (κ3) is 2.27. The normalized spacial score (nSPS) is 13.4. The van der Waals surface area contributed by atoms with Crippen LogP contribution < -0.4 is 4.74 Å². The van der Waals surface area contributed by atoms with E-state index in [2.05, 4.69) is 6.07 Å². The van der Waals surface area contributed by atoms with E-state index in [0.29, 0.717) is 5.56 Å². The highest BCUT2D eigenvalue weighted by Crippen LogP contribution is 2.32. The monoisotopic (exact) mass is 268 g/mol. The Hall–Kier alpha value is -2.29. The van der Waals surface area contributed by atoms with Crippen molar-refractivity contribution in [2.75, 3.05) is 6.61 Å². The Morgan fingerprint density at radius 2 is 2.05 bits per heavy atom. The molecule has 2 aromatic carbocycles. The van der Waals surface area contributed by atoms with Crippen LogP contribution in [-0.2, 0) is 6.42 Å². The second-order valence-electron chi connectivity index (χ2n) is 5.13. The van der Waals surface area contributed by atoms with E-state index >= 15 is 0 Å². The zero-order valence-corrected chi connectivity index (χ0v) is 11.3. The fourth-order valence-electron chi connectivity index (χ4n) is 2.61. The molecule has 3 rings (SSSR count). The summed E-state index contributed by atoms with van der Waals surface area (Å²) in [6.45, 7) is 2.73. The molecule has 1 N–H and O–H groups in total. The topological polar surface area (TPSA) is 46.5 Å². The van der Waals surface area contributed by atoms with E-state index < -0.39 is 5.97 Å². The van der Waals surface area contributed by atoms with Crippen molar-refractivity contribution in [3.05, 3.63) is 53.1 Å². The van der Waals surface area contributed by atoms with E-state index in [1.807, 2.05) is 31.2 Å². The van der Waals surface area contributed by atoms with Crippen molar-refractivity contribution in [3.8, 4) is 16.9 Å². The van der Waals surface area contributed by atoms with Crippen molar-refractivity contribution in [1.29, 1.82) is 0 Å². The molecule has 102 valence electrons. The van der Waals surface area contributed by atoms with Gasteiger partial charge in [-0.15, -0.1) is 0 Å². The lowest BCUT2D eigenvalue weighted by atomic mass is 9.94. The number of carboxylic acid groups (broad SMARTS) is 1. The summed E-state index contributed by atoms with van der Waals surface area (Å²) in [5, 5.41) is 9.33. The quantitative estimate of drug-likeness (QED) is 0.903. The molecule has 0 amide bonds. The first-order valence-electron chi connectivity index (χ1n) is 6.75. The van der Waals surface area contributed by atoms with Crippen LogP contribution in [-0.4, -0.2) is 17.7 Å². The van der Waals surface area contributed by atoms with Gasteiger partial charge in [-0.25, -0.2) is 4.79 Å². The maximum absolute atomic E-state index is 11.4. The Bertz CT molecular complexity index is 674. The van der Waals surface area contributed by atoms with E-state index in [4.69, 9.17) is 4.74 Å². The smallest absolute Gasteiger partial charge is 0.336 e. The second-order valence-corrected chi connectivity index (χ2v) is 5.13. The molecule has 0 unspecified atom stereocenters. The average Bonchev–Trinajstić information content (AvgIpc) is 2.46. The fourth-order valence-corrected chi connectivity index (χ4v) is 2.61. The van der Waals surface area contributed by atoms with Crippen LogP contribution in [0.2, 0.25) is 0 Å². The van der Waals surface area contributed by atoms with Gasteiger partial charge in [-0.2, -0.15) is 0 Å². The van der Waals surface area contributed by atoms with Crippen molar-refractivity contribution in [2.24, 2.45) is 0 Å². The number of ether oxygens (including phenoxy) is 1. The average molecular weight is 268 g/mol. The van der Waals surface area contributed by atoms with Crippen LogP contribution in [0.25, 0.3) is 11.1 Å². The number of fused-ring (bicyclic) bond motifs is 1. The first-order chi connectivity index (χ1) is 9.65. The SMILES string of the molecule is Cc1ccc(C(=O)O)c(-c2ccc3c(c2)CCCO3)c1. The summed E-state index contributed by atoms with van der Waals surface area (Å²) in [4.78, 5) is 11.4. The van der Waals surface area contributed by atoms with E-state index in [1.165, 1.54) is 0 Å². The van der Waals surface area contributed by atoms with E-state index in [0.717, 1.165) is 47.5 Å². The van der Waals surface area contributed by atoms with Crippen LogP contribution in [0.1, 0.15) is 27.9 Å². The molecule has 1 aliphatic heterocycles. The molecule has 0 atom stereocenters. The number of carboxylic acids is 1. The second kappa shape index (κ2) is 5.00. The summed E-state index contributed by atoms with van der Waals surface area (Å²) in [7, 11) is 0. The van der Waals surface area contributed by atoms with Crippen LogP contribution in [0.4, 0.5) is 0 Å². The fraction of sp³-hybridized carbons (Fsp3) is 0.235. The Morgan fingerprint density at radius 1 is 1.20 bits per heavy atom. The highest BCUT2D eigenvalue weighted by molar-refractivity contribution is 5.96. The number of hydrogen-bond acceptors (Lipinski definition) is 2. The van der Waals surface area contributed by atoms with Gasteiger partial charge in [0.05, 0.1) is 12.2 Å². The van der Waals surface area contributed by atoms with Gasteiger partial charge in [-0.3, -0.25) is 0 Å². The Balaban J connectivity index is 2.13. The van der Waals surface area contributed by atoms with Crippen LogP contribution in [0, 0.1) is 6.92 Å². The van der Waals surface area contributed by atoms with Crippen molar-refractivity contribution >= 4 is 5.97 Å². The molecule has 0 saturated heterocycles. The molecular weight excluding hydrogens is 252 g/mol. The first kappa shape index (κ1) is 12.7. The van der Waals surface area contributed by atoms with Gasteiger partial charge in [0, 0.05) is 0 Å². The lowest BCUT2D eigenvalue weighted by molar-refractivity contribution is 0.0697. The number of hydrogen-bond donors (Lipinski definition) is 1.